The lowest BCUT2D eigenvalue weighted by Gasteiger charge is -2.63. The summed E-state index contributed by atoms with van der Waals surface area (Å²) in [5, 5.41) is 32.6. The van der Waals surface area contributed by atoms with E-state index < -0.39 is 35.4 Å². The third kappa shape index (κ3) is 12.0. The first kappa shape index (κ1) is 50.9. The first-order valence-corrected chi connectivity index (χ1v) is 24.0. The van der Waals surface area contributed by atoms with Crippen molar-refractivity contribution in [2.45, 2.75) is 118 Å². The van der Waals surface area contributed by atoms with Crippen molar-refractivity contribution in [1.29, 1.82) is 5.26 Å². The van der Waals surface area contributed by atoms with Crippen molar-refractivity contribution in [1.82, 2.24) is 25.8 Å². The van der Waals surface area contributed by atoms with E-state index >= 15 is 0 Å². The summed E-state index contributed by atoms with van der Waals surface area (Å²) in [5.41, 5.74) is 5.03. The number of aromatic nitrogens is 1. The SMILES string of the molecule is Cc1ncsc1-c1ccc(C(C)NC(=O)[C@@H]2C[C@@H](O)CN2C(=O)C(NC(=O)COCCCCNc2ccc(C(=O)NC3C(C)(C)C(Oc4ccc(C#N)c(Cl)c4)C3(C)C)cc2)C(C)(C)C)cc1. The molecule has 1 aliphatic heterocycles. The molecule has 14 nitrogen and oxygen atoms in total. The van der Waals surface area contributed by atoms with E-state index in [9.17, 15) is 29.5 Å². The maximum Gasteiger partial charge on any atom is 0.251 e. The third-order valence-electron chi connectivity index (χ3n) is 12.9. The van der Waals surface area contributed by atoms with Gasteiger partial charge in [-0.25, -0.2) is 4.98 Å². The van der Waals surface area contributed by atoms with Crippen LogP contribution in [0.15, 0.2) is 72.2 Å². The van der Waals surface area contributed by atoms with Gasteiger partial charge >= 0.3 is 0 Å². The highest BCUT2D eigenvalue weighted by Crippen LogP contribution is 2.55. The second kappa shape index (κ2) is 21.2. The summed E-state index contributed by atoms with van der Waals surface area (Å²) in [4.78, 5) is 61.0. The Bertz CT molecular complexity index is 2430. The van der Waals surface area contributed by atoms with Crippen LogP contribution >= 0.6 is 22.9 Å². The Labute approximate surface area is 403 Å². The molecule has 1 aromatic heterocycles. The number of β-amino-alcohol motifs (C(OH)–C–C–N with tert-alkyl or cyclic N) is 1. The fourth-order valence-corrected chi connectivity index (χ4v) is 10.5. The van der Waals surface area contributed by atoms with Gasteiger partial charge in [-0.1, -0.05) is 84.3 Å². The highest BCUT2D eigenvalue weighted by atomic mass is 35.5. The highest BCUT2D eigenvalue weighted by Gasteiger charge is 2.64. The first-order valence-electron chi connectivity index (χ1n) is 22.8. The van der Waals surface area contributed by atoms with Gasteiger partial charge in [-0.2, -0.15) is 5.26 Å². The Hall–Kier alpha value is -5.53. The van der Waals surface area contributed by atoms with Crippen molar-refractivity contribution >= 4 is 52.3 Å². The van der Waals surface area contributed by atoms with Gasteiger partial charge in [0.25, 0.3) is 5.91 Å². The smallest absolute Gasteiger partial charge is 0.251 e. The Kier molecular flexibility index (Phi) is 16.1. The van der Waals surface area contributed by atoms with Crippen LogP contribution in [0, 0.1) is 34.5 Å². The molecule has 16 heteroatoms. The number of benzene rings is 3. The Morgan fingerprint density at radius 2 is 1.69 bits per heavy atom. The van der Waals surface area contributed by atoms with Gasteiger partial charge in [-0.15, -0.1) is 11.3 Å². The van der Waals surface area contributed by atoms with E-state index in [0.29, 0.717) is 41.5 Å². The zero-order chi connectivity index (χ0) is 48.8. The number of carbonyl (C=O) groups is 4. The molecule has 67 heavy (non-hydrogen) atoms. The molecule has 0 radical (unpaired) electrons. The van der Waals surface area contributed by atoms with Crippen LogP contribution in [-0.2, 0) is 19.1 Å². The molecule has 1 saturated heterocycles. The van der Waals surface area contributed by atoms with Crippen LogP contribution in [0.2, 0.25) is 5.02 Å². The summed E-state index contributed by atoms with van der Waals surface area (Å²) in [6, 6.07) is 19.9. The standard InChI is InChI=1S/C51H64ClN7O7S/c1-30(32-12-14-33(15-13-32)42-31(2)55-29-67-42)56-45(63)40-24-37(60)27-59(40)46(64)43(49(3,4)5)57-41(61)28-65-23-11-10-22-54-36-19-16-34(17-20-36)44(62)58-47-50(6,7)48(51(47,8)9)66-38-21-18-35(26-53)39(52)25-38/h12-21,25,29-30,37,40,43,47-48,54,60H,10-11,22-24,27-28H2,1-9H3,(H,56,63)(H,57,61)(H,58,62)/t30?,37-,40+,43?,47?,48?/m1/s1. The predicted molar refractivity (Wildman–Crippen MR) is 261 cm³/mol. The van der Waals surface area contributed by atoms with Crippen LogP contribution in [-0.4, -0.2) is 95.3 Å². The minimum atomic E-state index is -0.962. The summed E-state index contributed by atoms with van der Waals surface area (Å²) < 4.78 is 12.0. The molecular weight excluding hydrogens is 890 g/mol. The number of amides is 4. The van der Waals surface area contributed by atoms with Gasteiger partial charge in [0.05, 0.1) is 38.8 Å². The average molecular weight is 955 g/mol. The van der Waals surface area contributed by atoms with Gasteiger partial charge in [0, 0.05) is 60.3 Å². The van der Waals surface area contributed by atoms with E-state index in [-0.39, 0.29) is 60.4 Å². The largest absolute Gasteiger partial charge is 0.489 e. The fourth-order valence-electron chi connectivity index (χ4n) is 9.49. The first-order chi connectivity index (χ1) is 31.6. The zero-order valence-electron chi connectivity index (χ0n) is 39.9. The van der Waals surface area contributed by atoms with E-state index in [2.05, 4.69) is 60.0 Å². The number of hydrogen-bond acceptors (Lipinski definition) is 11. The number of anilines is 1. The number of ether oxygens (including phenoxy) is 2. The zero-order valence-corrected chi connectivity index (χ0v) is 41.4. The van der Waals surface area contributed by atoms with Gasteiger partial charge in [0.15, 0.2) is 0 Å². The number of hydrogen-bond donors (Lipinski definition) is 5. The van der Waals surface area contributed by atoms with Crippen LogP contribution in [0.1, 0.15) is 108 Å². The Morgan fingerprint density at radius 1 is 1.00 bits per heavy atom. The molecule has 4 amide bonds. The molecule has 5 N–H and O–H groups in total. The molecular formula is C51H64ClN7O7S. The number of aliphatic hydroxyl groups is 1. The number of carbonyl (C=O) groups excluding carboxylic acids is 4. The molecule has 358 valence electrons. The number of halogens is 1. The average Bonchev–Trinajstić information content (AvgIpc) is 3.90. The predicted octanol–water partition coefficient (Wildman–Crippen LogP) is 7.83. The third-order valence-corrected chi connectivity index (χ3v) is 14.2. The van der Waals surface area contributed by atoms with E-state index in [4.69, 9.17) is 21.1 Å². The molecule has 6 rings (SSSR count). The normalized spacial score (nSPS) is 20.4. The van der Waals surface area contributed by atoms with E-state index in [1.54, 1.807) is 41.7 Å². The number of aryl methyl sites for hydroxylation is 1. The quantitative estimate of drug-likeness (QED) is 0.0614. The minimum absolute atomic E-state index is 0.0187. The summed E-state index contributed by atoms with van der Waals surface area (Å²) in [6.45, 7) is 18.3. The number of likely N-dealkylation sites (tertiary alicyclic amines) is 1. The molecule has 1 aliphatic carbocycles. The number of rotatable bonds is 18. The molecule has 2 heterocycles. The van der Waals surface area contributed by atoms with Crippen molar-refractivity contribution in [3.8, 4) is 22.3 Å². The number of unbranched alkanes of at least 4 members (excludes halogenated alkanes) is 1. The van der Waals surface area contributed by atoms with Gasteiger partial charge in [-0.05, 0) is 79.6 Å². The van der Waals surface area contributed by atoms with Crippen molar-refractivity contribution in [2.75, 3.05) is 31.6 Å². The molecule has 2 unspecified atom stereocenters. The second-order valence-corrected chi connectivity index (χ2v) is 21.2. The maximum absolute atomic E-state index is 14.1. The van der Waals surface area contributed by atoms with Crippen LogP contribution in [0.3, 0.4) is 0 Å². The summed E-state index contributed by atoms with van der Waals surface area (Å²) in [5.74, 6) is -0.861. The molecule has 4 aromatic rings. The van der Waals surface area contributed by atoms with Crippen LogP contribution in [0.5, 0.6) is 5.75 Å². The highest BCUT2D eigenvalue weighted by molar-refractivity contribution is 7.13. The topological polar surface area (TPSA) is 195 Å². The monoisotopic (exact) mass is 953 g/mol. The van der Waals surface area contributed by atoms with Crippen molar-refractivity contribution in [3.05, 3.63) is 99.6 Å². The lowest BCUT2D eigenvalue weighted by atomic mass is 9.49. The minimum Gasteiger partial charge on any atom is -0.489 e. The van der Waals surface area contributed by atoms with E-state index in [1.807, 2.05) is 76.5 Å². The number of nitrogens with one attached hydrogen (secondary N) is 4. The van der Waals surface area contributed by atoms with Crippen LogP contribution in [0.4, 0.5) is 5.69 Å². The van der Waals surface area contributed by atoms with Crippen molar-refractivity contribution in [3.63, 3.8) is 0 Å². The molecule has 2 fully saturated rings. The summed E-state index contributed by atoms with van der Waals surface area (Å²) >= 11 is 7.81. The van der Waals surface area contributed by atoms with Crippen LogP contribution in [0.25, 0.3) is 10.4 Å². The van der Waals surface area contributed by atoms with Gasteiger partial charge in [-0.3, -0.25) is 19.2 Å². The molecule has 1 saturated carbocycles. The van der Waals surface area contributed by atoms with Crippen molar-refractivity contribution in [2.24, 2.45) is 16.2 Å². The lowest BCUT2D eigenvalue weighted by molar-refractivity contribution is -0.164. The summed E-state index contributed by atoms with van der Waals surface area (Å²) in [6.07, 6.45) is 0.436. The van der Waals surface area contributed by atoms with Crippen LogP contribution < -0.4 is 26.0 Å². The molecule has 0 bridgehead atoms. The van der Waals surface area contributed by atoms with Crippen molar-refractivity contribution < 1.29 is 33.8 Å². The van der Waals surface area contributed by atoms with E-state index in [0.717, 1.165) is 33.8 Å². The molecule has 2 aliphatic rings. The Balaban J connectivity index is 0.906. The number of thiazole rings is 1. The van der Waals surface area contributed by atoms with E-state index in [1.165, 1.54) is 4.90 Å². The summed E-state index contributed by atoms with van der Waals surface area (Å²) in [7, 11) is 0. The maximum atomic E-state index is 14.1. The van der Waals surface area contributed by atoms with Gasteiger partial charge in [0.2, 0.25) is 17.7 Å². The number of aliphatic hydroxyl groups excluding tert-OH is 1. The van der Waals surface area contributed by atoms with Gasteiger partial charge < -0.3 is 40.7 Å². The number of nitrogens with zero attached hydrogens (tertiary/aromatic N) is 3. The Morgan fingerprint density at radius 3 is 2.30 bits per heavy atom. The molecule has 3 aromatic carbocycles. The number of nitriles is 1. The molecule has 4 atom stereocenters. The fraction of sp³-hybridized carbons (Fsp3) is 0.490. The molecule has 0 spiro atoms. The van der Waals surface area contributed by atoms with Gasteiger partial charge in [0.1, 0.15) is 36.6 Å². The second-order valence-electron chi connectivity index (χ2n) is 19.9. The lowest BCUT2D eigenvalue weighted by Crippen LogP contribution is -2.74.